The summed E-state index contributed by atoms with van der Waals surface area (Å²) in [5.74, 6) is -0.0486. The van der Waals surface area contributed by atoms with Crippen LogP contribution in [-0.4, -0.2) is 33.0 Å². The Morgan fingerprint density at radius 3 is 2.27 bits per heavy atom. The normalized spacial score (nSPS) is 12.3. The topological polar surface area (TPSA) is 84.5 Å². The summed E-state index contributed by atoms with van der Waals surface area (Å²) >= 11 is 0. The summed E-state index contributed by atoms with van der Waals surface area (Å²) in [6, 6.07) is 4.15. The number of carbonyl (C=O) groups excluding carboxylic acids is 1. The predicted octanol–water partition coefficient (Wildman–Crippen LogP) is 1.91. The summed E-state index contributed by atoms with van der Waals surface area (Å²) in [6.07, 6.45) is 0. The number of nitrogens with one attached hydrogen (secondary N) is 2. The van der Waals surface area contributed by atoms with Gasteiger partial charge in [0.1, 0.15) is 5.75 Å². The van der Waals surface area contributed by atoms with Gasteiger partial charge in [0.15, 0.2) is 0 Å². The lowest BCUT2D eigenvalue weighted by Crippen LogP contribution is -2.40. The lowest BCUT2D eigenvalue weighted by atomic mass is 10.1. The molecule has 0 aromatic heterocycles. The molecule has 0 spiro atoms. The molecule has 0 unspecified atom stereocenters. The molecule has 1 aromatic rings. The minimum Gasteiger partial charge on any atom is -0.496 e. The summed E-state index contributed by atoms with van der Waals surface area (Å²) < 4.78 is 32.4. The molecule has 0 aliphatic heterocycles. The first-order chi connectivity index (χ1) is 9.96. The Morgan fingerprint density at radius 2 is 1.82 bits per heavy atom. The van der Waals surface area contributed by atoms with Crippen molar-refractivity contribution in [2.45, 2.75) is 51.1 Å². The second kappa shape index (κ2) is 6.66. The Bertz CT molecular complexity index is 646. The number of amides is 1. The fourth-order valence-corrected chi connectivity index (χ4v) is 3.28. The third-order valence-corrected chi connectivity index (χ3v) is 4.34. The minimum atomic E-state index is -3.71. The Balaban J connectivity index is 3.28. The van der Waals surface area contributed by atoms with Gasteiger partial charge in [0.05, 0.1) is 17.6 Å². The molecule has 0 heterocycles. The van der Waals surface area contributed by atoms with Gasteiger partial charge in [-0.05, 0) is 52.8 Å². The molecule has 0 saturated carbocycles. The summed E-state index contributed by atoms with van der Waals surface area (Å²) in [5.41, 5.74) is -0.424. The molecule has 1 rings (SSSR count). The number of carbonyl (C=O) groups is 1. The highest BCUT2D eigenvalue weighted by molar-refractivity contribution is 7.89. The predicted molar refractivity (Wildman–Crippen MR) is 85.7 cm³/mol. The highest BCUT2D eigenvalue weighted by Crippen LogP contribution is 2.23. The largest absolute Gasteiger partial charge is 0.496 e. The van der Waals surface area contributed by atoms with Crippen LogP contribution in [0.5, 0.6) is 5.75 Å². The maximum atomic E-state index is 12.4. The lowest BCUT2D eigenvalue weighted by Gasteiger charge is -2.21. The van der Waals surface area contributed by atoms with Crippen LogP contribution in [-0.2, 0) is 10.0 Å². The Morgan fingerprint density at radius 1 is 1.23 bits per heavy atom. The van der Waals surface area contributed by atoms with Gasteiger partial charge in [0.25, 0.3) is 5.91 Å². The van der Waals surface area contributed by atoms with Gasteiger partial charge in [-0.2, -0.15) is 0 Å². The first-order valence-electron chi connectivity index (χ1n) is 6.99. The highest BCUT2D eigenvalue weighted by Gasteiger charge is 2.24. The van der Waals surface area contributed by atoms with E-state index in [1.807, 2.05) is 13.8 Å². The van der Waals surface area contributed by atoms with Crippen LogP contribution in [0.15, 0.2) is 23.1 Å². The van der Waals surface area contributed by atoms with Crippen molar-refractivity contribution >= 4 is 15.9 Å². The van der Waals surface area contributed by atoms with Gasteiger partial charge >= 0.3 is 0 Å². The Hall–Kier alpha value is -1.60. The number of hydrogen-bond acceptors (Lipinski definition) is 4. The summed E-state index contributed by atoms with van der Waals surface area (Å²) in [5, 5.41) is 2.73. The average molecular weight is 328 g/mol. The molecule has 0 fully saturated rings. The molecule has 7 heteroatoms. The smallest absolute Gasteiger partial charge is 0.255 e. The fraction of sp³-hybridized carbons (Fsp3) is 0.533. The van der Waals surface area contributed by atoms with Crippen LogP contribution in [0.25, 0.3) is 0 Å². The monoisotopic (exact) mass is 328 g/mol. The maximum Gasteiger partial charge on any atom is 0.255 e. The average Bonchev–Trinajstić information content (AvgIpc) is 2.34. The zero-order valence-electron chi connectivity index (χ0n) is 13.9. The SMILES string of the molecule is COc1ccc(S(=O)(=O)NC(C)(C)C)cc1C(=O)NC(C)C. The molecule has 0 aliphatic rings. The van der Waals surface area contributed by atoms with Crippen molar-refractivity contribution in [3.05, 3.63) is 23.8 Å². The van der Waals surface area contributed by atoms with Crippen molar-refractivity contribution in [2.75, 3.05) is 7.11 Å². The molecule has 2 N–H and O–H groups in total. The molecule has 0 radical (unpaired) electrons. The zero-order valence-corrected chi connectivity index (χ0v) is 14.7. The van der Waals surface area contributed by atoms with Gasteiger partial charge in [-0.25, -0.2) is 13.1 Å². The van der Waals surface area contributed by atoms with E-state index in [2.05, 4.69) is 10.0 Å². The van der Waals surface area contributed by atoms with Crippen LogP contribution >= 0.6 is 0 Å². The number of sulfonamides is 1. The van der Waals surface area contributed by atoms with Crippen LogP contribution < -0.4 is 14.8 Å². The number of benzene rings is 1. The van der Waals surface area contributed by atoms with Crippen molar-refractivity contribution in [2.24, 2.45) is 0 Å². The highest BCUT2D eigenvalue weighted by atomic mass is 32.2. The lowest BCUT2D eigenvalue weighted by molar-refractivity contribution is 0.0940. The Kier molecular flexibility index (Phi) is 5.59. The summed E-state index contributed by atoms with van der Waals surface area (Å²) in [4.78, 5) is 12.2. The van der Waals surface area contributed by atoms with Gasteiger partial charge in [-0.15, -0.1) is 0 Å². The second-order valence-electron chi connectivity index (χ2n) is 6.35. The number of hydrogen-bond donors (Lipinski definition) is 2. The van der Waals surface area contributed by atoms with Gasteiger partial charge in [-0.3, -0.25) is 4.79 Å². The zero-order chi connectivity index (χ0) is 17.1. The van der Waals surface area contributed by atoms with Crippen molar-refractivity contribution in [3.8, 4) is 5.75 Å². The van der Waals surface area contributed by atoms with E-state index < -0.39 is 15.6 Å². The first kappa shape index (κ1) is 18.4. The molecule has 0 saturated heterocycles. The van der Waals surface area contributed by atoms with E-state index in [1.54, 1.807) is 20.8 Å². The molecular formula is C15H24N2O4S. The molecule has 0 aliphatic carbocycles. The summed E-state index contributed by atoms with van der Waals surface area (Å²) in [7, 11) is -2.28. The van der Waals surface area contributed by atoms with E-state index in [4.69, 9.17) is 4.74 Å². The molecule has 0 bridgehead atoms. The second-order valence-corrected chi connectivity index (χ2v) is 8.03. The van der Waals surface area contributed by atoms with Gasteiger partial charge in [-0.1, -0.05) is 0 Å². The van der Waals surface area contributed by atoms with Crippen LogP contribution in [0.4, 0.5) is 0 Å². The Labute approximate surface area is 132 Å². The van der Waals surface area contributed by atoms with Crippen molar-refractivity contribution < 1.29 is 17.9 Å². The van der Waals surface area contributed by atoms with Crippen LogP contribution in [0.3, 0.4) is 0 Å². The first-order valence-corrected chi connectivity index (χ1v) is 8.47. The van der Waals surface area contributed by atoms with E-state index in [1.165, 1.54) is 25.3 Å². The molecule has 124 valence electrons. The fourth-order valence-electron chi connectivity index (χ4n) is 1.83. The molecule has 6 nitrogen and oxygen atoms in total. The van der Waals surface area contributed by atoms with E-state index >= 15 is 0 Å². The van der Waals surface area contributed by atoms with Crippen LogP contribution in [0.1, 0.15) is 45.0 Å². The van der Waals surface area contributed by atoms with Gasteiger partial charge in [0, 0.05) is 11.6 Å². The van der Waals surface area contributed by atoms with E-state index in [0.29, 0.717) is 5.75 Å². The summed E-state index contributed by atoms with van der Waals surface area (Å²) in [6.45, 7) is 8.90. The van der Waals surface area contributed by atoms with Crippen molar-refractivity contribution in [3.63, 3.8) is 0 Å². The molecule has 0 atom stereocenters. The molecule has 1 aromatic carbocycles. The van der Waals surface area contributed by atoms with Crippen molar-refractivity contribution in [1.29, 1.82) is 0 Å². The molecule has 22 heavy (non-hydrogen) atoms. The standard InChI is InChI=1S/C15H24N2O4S/c1-10(2)16-14(18)12-9-11(7-8-13(12)21-6)22(19,20)17-15(3,4)5/h7-10,17H,1-6H3,(H,16,18). The minimum absolute atomic E-state index is 0.0251. The molecule has 1 amide bonds. The van der Waals surface area contributed by atoms with Crippen LogP contribution in [0, 0.1) is 0 Å². The quantitative estimate of drug-likeness (QED) is 0.865. The third kappa shape index (κ3) is 4.99. The van der Waals surface area contributed by atoms with Crippen molar-refractivity contribution in [1.82, 2.24) is 10.0 Å². The van der Waals surface area contributed by atoms with Gasteiger partial charge in [0.2, 0.25) is 10.0 Å². The van der Waals surface area contributed by atoms with E-state index in [0.717, 1.165) is 0 Å². The van der Waals surface area contributed by atoms with E-state index in [9.17, 15) is 13.2 Å². The number of rotatable bonds is 5. The maximum absolute atomic E-state index is 12.4. The van der Waals surface area contributed by atoms with Gasteiger partial charge < -0.3 is 10.1 Å². The number of methoxy groups -OCH3 is 1. The van der Waals surface area contributed by atoms with Crippen LogP contribution in [0.2, 0.25) is 0 Å². The molecular weight excluding hydrogens is 304 g/mol. The third-order valence-electron chi connectivity index (χ3n) is 2.59. The van der Waals surface area contributed by atoms with E-state index in [-0.39, 0.29) is 22.4 Å². The number of ether oxygens (including phenoxy) is 1.